The summed E-state index contributed by atoms with van der Waals surface area (Å²) in [7, 11) is 0. The van der Waals surface area contributed by atoms with Gasteiger partial charge in [0.15, 0.2) is 0 Å². The summed E-state index contributed by atoms with van der Waals surface area (Å²) in [6.07, 6.45) is 0.439. The fraction of sp³-hybridized carbons (Fsp3) is 0.385. The molecule has 0 saturated carbocycles. The third-order valence-electron chi connectivity index (χ3n) is 2.83. The summed E-state index contributed by atoms with van der Waals surface area (Å²) >= 11 is 0. The van der Waals surface area contributed by atoms with Crippen LogP contribution in [0.5, 0.6) is 0 Å². The Morgan fingerprint density at radius 1 is 1.33 bits per heavy atom. The van der Waals surface area contributed by atoms with Gasteiger partial charge in [-0.15, -0.1) is 0 Å². The number of carbonyl (C=O) groups is 2. The van der Waals surface area contributed by atoms with Gasteiger partial charge in [-0.25, -0.2) is 0 Å². The van der Waals surface area contributed by atoms with Crippen molar-refractivity contribution in [2.24, 2.45) is 5.73 Å². The van der Waals surface area contributed by atoms with Gasteiger partial charge in [0.1, 0.15) is 6.54 Å². The molecule has 3 N–H and O–H groups in total. The van der Waals surface area contributed by atoms with E-state index in [-0.39, 0.29) is 0 Å². The van der Waals surface area contributed by atoms with Crippen molar-refractivity contribution in [3.05, 3.63) is 30.3 Å². The molecule has 1 amide bonds. The van der Waals surface area contributed by atoms with Gasteiger partial charge in [-0.1, -0.05) is 25.1 Å². The maximum atomic E-state index is 12.3. The lowest BCUT2D eigenvalue weighted by molar-refractivity contribution is -0.137. The second-order valence-electron chi connectivity index (χ2n) is 4.39. The van der Waals surface area contributed by atoms with Gasteiger partial charge >= 0.3 is 5.97 Å². The molecular formula is C13H18N2O3. The molecule has 18 heavy (non-hydrogen) atoms. The molecule has 1 rings (SSSR count). The van der Waals surface area contributed by atoms with E-state index in [2.05, 4.69) is 0 Å². The van der Waals surface area contributed by atoms with Crippen molar-refractivity contribution in [1.29, 1.82) is 0 Å². The van der Waals surface area contributed by atoms with Gasteiger partial charge in [-0.3, -0.25) is 14.5 Å². The van der Waals surface area contributed by atoms with Crippen LogP contribution in [-0.2, 0) is 9.59 Å². The van der Waals surface area contributed by atoms with Gasteiger partial charge in [-0.2, -0.15) is 0 Å². The lowest BCUT2D eigenvalue weighted by atomic mass is 9.98. The predicted octanol–water partition coefficient (Wildman–Crippen LogP) is 1.23. The summed E-state index contributed by atoms with van der Waals surface area (Å²) in [6, 6.07) is 8.67. The Kier molecular flexibility index (Phi) is 4.44. The minimum Gasteiger partial charge on any atom is -0.480 e. The number of hydrogen-bond acceptors (Lipinski definition) is 3. The number of nitrogens with zero attached hydrogens (tertiary/aromatic N) is 1. The van der Waals surface area contributed by atoms with Crippen molar-refractivity contribution in [2.45, 2.75) is 25.8 Å². The Morgan fingerprint density at radius 2 is 1.89 bits per heavy atom. The normalized spacial score (nSPS) is 13.7. The molecule has 0 aliphatic heterocycles. The molecule has 0 spiro atoms. The monoisotopic (exact) mass is 250 g/mol. The van der Waals surface area contributed by atoms with Gasteiger partial charge in [0.25, 0.3) is 0 Å². The fourth-order valence-electron chi connectivity index (χ4n) is 1.48. The van der Waals surface area contributed by atoms with E-state index in [4.69, 9.17) is 10.8 Å². The van der Waals surface area contributed by atoms with E-state index in [1.807, 2.05) is 0 Å². The van der Waals surface area contributed by atoms with Crippen molar-refractivity contribution in [3.63, 3.8) is 0 Å². The zero-order valence-corrected chi connectivity index (χ0v) is 10.6. The molecular weight excluding hydrogens is 232 g/mol. The number of anilines is 1. The molecule has 98 valence electrons. The van der Waals surface area contributed by atoms with Crippen LogP contribution in [0.25, 0.3) is 0 Å². The van der Waals surface area contributed by atoms with Crippen molar-refractivity contribution in [3.8, 4) is 0 Å². The van der Waals surface area contributed by atoms with Gasteiger partial charge < -0.3 is 10.8 Å². The number of amides is 1. The number of aliphatic carboxylic acids is 1. The summed E-state index contributed by atoms with van der Waals surface area (Å²) in [5, 5.41) is 8.90. The SMILES string of the molecule is CCC(C)(N)C(=O)N(CC(=O)O)c1ccccc1. The second kappa shape index (κ2) is 5.64. The summed E-state index contributed by atoms with van der Waals surface area (Å²) in [6.45, 7) is 3.00. The lowest BCUT2D eigenvalue weighted by Crippen LogP contribution is -2.54. The smallest absolute Gasteiger partial charge is 0.323 e. The molecule has 1 unspecified atom stereocenters. The lowest BCUT2D eigenvalue weighted by Gasteiger charge is -2.30. The van der Waals surface area contributed by atoms with Crippen molar-refractivity contribution in [2.75, 3.05) is 11.4 Å². The average Bonchev–Trinajstić information content (AvgIpc) is 2.36. The van der Waals surface area contributed by atoms with Crippen LogP contribution in [-0.4, -0.2) is 29.1 Å². The van der Waals surface area contributed by atoms with Crippen LogP contribution in [0.3, 0.4) is 0 Å². The maximum absolute atomic E-state index is 12.3. The second-order valence-corrected chi connectivity index (χ2v) is 4.39. The highest BCUT2D eigenvalue weighted by Crippen LogP contribution is 2.18. The molecule has 0 aromatic heterocycles. The molecule has 1 aromatic carbocycles. The maximum Gasteiger partial charge on any atom is 0.323 e. The molecule has 0 fully saturated rings. The standard InChI is InChI=1S/C13H18N2O3/c1-3-13(2,14)12(18)15(9-11(16)17)10-7-5-4-6-8-10/h4-8H,3,9,14H2,1-2H3,(H,16,17). The Balaban J connectivity index is 3.07. The average molecular weight is 250 g/mol. The molecule has 5 heteroatoms. The fourth-order valence-corrected chi connectivity index (χ4v) is 1.48. The number of carboxylic acids is 1. The molecule has 5 nitrogen and oxygen atoms in total. The first-order valence-electron chi connectivity index (χ1n) is 5.76. The highest BCUT2D eigenvalue weighted by Gasteiger charge is 2.32. The van der Waals surface area contributed by atoms with Crippen molar-refractivity contribution in [1.82, 2.24) is 0 Å². The molecule has 0 aliphatic carbocycles. The third kappa shape index (κ3) is 3.30. The quantitative estimate of drug-likeness (QED) is 0.823. The molecule has 0 radical (unpaired) electrons. The Bertz CT molecular complexity index is 429. The van der Waals surface area contributed by atoms with E-state index in [1.165, 1.54) is 4.90 Å². The van der Waals surface area contributed by atoms with E-state index in [1.54, 1.807) is 44.2 Å². The van der Waals surface area contributed by atoms with Crippen LogP contribution >= 0.6 is 0 Å². The zero-order chi connectivity index (χ0) is 13.8. The Labute approximate surface area is 106 Å². The van der Waals surface area contributed by atoms with Crippen molar-refractivity contribution >= 4 is 17.6 Å². The van der Waals surface area contributed by atoms with Gasteiger partial charge in [0.2, 0.25) is 5.91 Å². The molecule has 0 aliphatic rings. The van der Waals surface area contributed by atoms with E-state index in [0.29, 0.717) is 12.1 Å². The Hall–Kier alpha value is -1.88. The first-order chi connectivity index (χ1) is 8.38. The summed E-state index contributed by atoms with van der Waals surface area (Å²) in [4.78, 5) is 24.3. The number of nitrogens with two attached hydrogens (primary N) is 1. The molecule has 0 bridgehead atoms. The van der Waals surface area contributed by atoms with E-state index < -0.39 is 24.0 Å². The first kappa shape index (κ1) is 14.2. The highest BCUT2D eigenvalue weighted by molar-refractivity contribution is 6.02. The summed E-state index contributed by atoms with van der Waals surface area (Å²) < 4.78 is 0. The van der Waals surface area contributed by atoms with E-state index in [9.17, 15) is 9.59 Å². The van der Waals surface area contributed by atoms with E-state index in [0.717, 1.165) is 0 Å². The topological polar surface area (TPSA) is 83.6 Å². The van der Waals surface area contributed by atoms with Crippen LogP contribution in [0.4, 0.5) is 5.69 Å². The van der Waals surface area contributed by atoms with Gasteiger partial charge in [-0.05, 0) is 25.5 Å². The third-order valence-corrected chi connectivity index (χ3v) is 2.83. The largest absolute Gasteiger partial charge is 0.480 e. The number of benzene rings is 1. The minimum absolute atomic E-state index is 0.390. The van der Waals surface area contributed by atoms with Crippen LogP contribution in [0.15, 0.2) is 30.3 Å². The summed E-state index contributed by atoms with van der Waals surface area (Å²) in [5.41, 5.74) is 5.36. The molecule has 0 heterocycles. The molecule has 0 saturated heterocycles. The first-order valence-corrected chi connectivity index (χ1v) is 5.76. The number of hydrogen-bond donors (Lipinski definition) is 2. The minimum atomic E-state index is -1.07. The van der Waals surface area contributed by atoms with E-state index >= 15 is 0 Å². The molecule has 1 aromatic rings. The predicted molar refractivity (Wildman–Crippen MR) is 69.3 cm³/mol. The van der Waals surface area contributed by atoms with Crippen LogP contribution in [0.2, 0.25) is 0 Å². The zero-order valence-electron chi connectivity index (χ0n) is 10.6. The molecule has 1 atom stereocenters. The number of rotatable bonds is 5. The Morgan fingerprint density at radius 3 is 2.33 bits per heavy atom. The van der Waals surface area contributed by atoms with Gasteiger partial charge in [0.05, 0.1) is 5.54 Å². The number of para-hydroxylation sites is 1. The van der Waals surface area contributed by atoms with Crippen LogP contribution in [0.1, 0.15) is 20.3 Å². The van der Waals surface area contributed by atoms with Gasteiger partial charge in [0, 0.05) is 5.69 Å². The number of carboxylic acid groups (broad SMARTS) is 1. The van der Waals surface area contributed by atoms with Crippen molar-refractivity contribution < 1.29 is 14.7 Å². The highest BCUT2D eigenvalue weighted by atomic mass is 16.4. The number of carbonyl (C=O) groups excluding carboxylic acids is 1. The van der Waals surface area contributed by atoms with Crippen LogP contribution in [0, 0.1) is 0 Å². The summed E-state index contributed by atoms with van der Waals surface area (Å²) in [5.74, 6) is -1.46. The van der Waals surface area contributed by atoms with Crippen LogP contribution < -0.4 is 10.6 Å².